The van der Waals surface area contributed by atoms with Gasteiger partial charge in [0.2, 0.25) is 0 Å². The van der Waals surface area contributed by atoms with E-state index in [-0.39, 0.29) is 4.90 Å². The molecule has 1 atom stereocenters. The van der Waals surface area contributed by atoms with Crippen LogP contribution in [0.2, 0.25) is 5.02 Å². The number of rotatable bonds is 4. The molecule has 1 unspecified atom stereocenters. The first-order valence-corrected chi connectivity index (χ1v) is 10.8. The number of sulfonamides is 1. The van der Waals surface area contributed by atoms with Gasteiger partial charge < -0.3 is 0 Å². The minimum atomic E-state index is -3.82. The van der Waals surface area contributed by atoms with Crippen LogP contribution >= 0.6 is 11.6 Å². The average Bonchev–Trinajstić information content (AvgIpc) is 3.15. The van der Waals surface area contributed by atoms with Crippen molar-refractivity contribution in [3.8, 4) is 0 Å². The zero-order valence-electron chi connectivity index (χ0n) is 15.3. The van der Waals surface area contributed by atoms with Crippen molar-refractivity contribution in [2.24, 2.45) is 5.10 Å². The van der Waals surface area contributed by atoms with Gasteiger partial charge in [0.05, 0.1) is 16.6 Å². The molecule has 142 valence electrons. The molecule has 1 aliphatic rings. The first-order valence-electron chi connectivity index (χ1n) is 8.95. The summed E-state index contributed by atoms with van der Waals surface area (Å²) in [4.78, 5) is 0.216. The predicted octanol–water partition coefficient (Wildman–Crippen LogP) is 5.19. The number of hydrazone groups is 1. The van der Waals surface area contributed by atoms with E-state index < -0.39 is 16.1 Å². The molecule has 4 rings (SSSR count). The van der Waals surface area contributed by atoms with Crippen LogP contribution in [-0.2, 0) is 10.0 Å². The molecule has 0 N–H and O–H groups in total. The molecule has 28 heavy (non-hydrogen) atoms. The van der Waals surface area contributed by atoms with Crippen LogP contribution in [-0.4, -0.2) is 18.5 Å². The third-order valence-electron chi connectivity index (χ3n) is 4.81. The number of hydrogen-bond acceptors (Lipinski definition) is 3. The van der Waals surface area contributed by atoms with Crippen molar-refractivity contribution < 1.29 is 8.42 Å². The fourth-order valence-corrected chi connectivity index (χ4v) is 5.00. The molecule has 1 heterocycles. The maximum Gasteiger partial charge on any atom is 0.279 e. The Bertz CT molecular complexity index is 1130. The summed E-state index contributed by atoms with van der Waals surface area (Å²) < 4.78 is 28.0. The summed E-state index contributed by atoms with van der Waals surface area (Å²) in [5.74, 6) is 0. The fourth-order valence-electron chi connectivity index (χ4n) is 3.31. The molecule has 0 aromatic heterocycles. The van der Waals surface area contributed by atoms with Gasteiger partial charge in [-0.15, -0.1) is 0 Å². The van der Waals surface area contributed by atoms with Crippen molar-refractivity contribution in [3.05, 3.63) is 101 Å². The molecule has 0 fully saturated rings. The molecule has 0 saturated carbocycles. The monoisotopic (exact) mass is 410 g/mol. The van der Waals surface area contributed by atoms with Crippen molar-refractivity contribution >= 4 is 27.3 Å². The molecule has 0 saturated heterocycles. The number of nitrogens with zero attached hydrogens (tertiary/aromatic N) is 2. The van der Waals surface area contributed by atoms with Gasteiger partial charge in [0.1, 0.15) is 0 Å². The first kappa shape index (κ1) is 18.7. The summed E-state index contributed by atoms with van der Waals surface area (Å²) in [6, 6.07) is 23.3. The van der Waals surface area contributed by atoms with Crippen molar-refractivity contribution in [2.75, 3.05) is 0 Å². The van der Waals surface area contributed by atoms with Gasteiger partial charge in [-0.1, -0.05) is 77.8 Å². The number of halogens is 1. The Morgan fingerprint density at radius 1 is 0.929 bits per heavy atom. The van der Waals surface area contributed by atoms with Crippen LogP contribution in [0.25, 0.3) is 0 Å². The number of benzene rings is 3. The van der Waals surface area contributed by atoms with Crippen LogP contribution in [0.15, 0.2) is 88.9 Å². The van der Waals surface area contributed by atoms with E-state index in [1.54, 1.807) is 30.3 Å². The molecule has 0 bridgehead atoms. The second-order valence-corrected chi connectivity index (χ2v) is 8.95. The Labute approximate surface area is 170 Å². The smallest absolute Gasteiger partial charge is 0.200 e. The summed E-state index contributed by atoms with van der Waals surface area (Å²) in [6.45, 7) is 1.92. The predicted molar refractivity (Wildman–Crippen MR) is 112 cm³/mol. The lowest BCUT2D eigenvalue weighted by molar-refractivity contribution is 0.371. The minimum absolute atomic E-state index is 0.216. The molecular formula is C22H19ClN2O2S. The molecule has 3 aromatic rings. The van der Waals surface area contributed by atoms with E-state index in [4.69, 9.17) is 11.6 Å². The van der Waals surface area contributed by atoms with Gasteiger partial charge in [0.25, 0.3) is 10.0 Å². The van der Waals surface area contributed by atoms with E-state index >= 15 is 0 Å². The molecule has 0 spiro atoms. The second kappa shape index (κ2) is 7.41. The van der Waals surface area contributed by atoms with Crippen molar-refractivity contribution in [1.29, 1.82) is 0 Å². The third-order valence-corrected chi connectivity index (χ3v) is 6.85. The standard InChI is InChI=1S/C22H19ClN2O2S/c1-16-11-13-18(14-12-16)28(26,27)25-22(19-9-5-6-10-20(19)23)15-21(24-25)17-7-3-2-4-8-17/h2-14,22H,15H2,1H3. The molecule has 4 nitrogen and oxygen atoms in total. The van der Waals surface area contributed by atoms with Crippen molar-refractivity contribution in [2.45, 2.75) is 24.3 Å². The van der Waals surface area contributed by atoms with Gasteiger partial charge in [-0.2, -0.15) is 17.9 Å². The SMILES string of the molecule is Cc1ccc(S(=O)(=O)N2N=C(c3ccccc3)CC2c2ccccc2Cl)cc1. The molecule has 0 aliphatic carbocycles. The Balaban J connectivity index is 1.82. The number of aryl methyl sites for hydroxylation is 1. The van der Waals surface area contributed by atoms with Crippen molar-refractivity contribution in [3.63, 3.8) is 0 Å². The number of hydrogen-bond donors (Lipinski definition) is 0. The Kier molecular flexibility index (Phi) is 4.96. The lowest BCUT2D eigenvalue weighted by Gasteiger charge is -2.24. The summed E-state index contributed by atoms with van der Waals surface area (Å²) in [6.07, 6.45) is 0.457. The fraction of sp³-hybridized carbons (Fsp3) is 0.136. The highest BCUT2D eigenvalue weighted by atomic mass is 35.5. The molecular weight excluding hydrogens is 392 g/mol. The zero-order chi connectivity index (χ0) is 19.7. The molecule has 1 aliphatic heterocycles. The van der Waals surface area contributed by atoms with E-state index in [2.05, 4.69) is 5.10 Å². The van der Waals surface area contributed by atoms with Gasteiger partial charge in [0, 0.05) is 11.4 Å². The lowest BCUT2D eigenvalue weighted by Crippen LogP contribution is -2.27. The van der Waals surface area contributed by atoms with Crippen LogP contribution in [0.4, 0.5) is 0 Å². The van der Waals surface area contributed by atoms with Crippen LogP contribution in [0.3, 0.4) is 0 Å². The quantitative estimate of drug-likeness (QED) is 0.594. The zero-order valence-corrected chi connectivity index (χ0v) is 16.9. The summed E-state index contributed by atoms with van der Waals surface area (Å²) in [5, 5.41) is 5.06. The van der Waals surface area contributed by atoms with Crippen LogP contribution in [0.5, 0.6) is 0 Å². The first-order chi connectivity index (χ1) is 13.5. The average molecular weight is 411 g/mol. The van der Waals surface area contributed by atoms with E-state index in [0.29, 0.717) is 11.4 Å². The highest BCUT2D eigenvalue weighted by molar-refractivity contribution is 7.89. The Morgan fingerprint density at radius 3 is 2.25 bits per heavy atom. The van der Waals surface area contributed by atoms with E-state index in [0.717, 1.165) is 22.4 Å². The Morgan fingerprint density at radius 2 is 1.57 bits per heavy atom. The lowest BCUT2D eigenvalue weighted by atomic mass is 9.99. The van der Waals surface area contributed by atoms with Gasteiger partial charge in [-0.3, -0.25) is 0 Å². The maximum absolute atomic E-state index is 13.4. The normalized spacial score (nSPS) is 16.9. The summed E-state index contributed by atoms with van der Waals surface area (Å²) >= 11 is 6.41. The highest BCUT2D eigenvalue weighted by Gasteiger charge is 2.38. The highest BCUT2D eigenvalue weighted by Crippen LogP contribution is 2.39. The molecule has 6 heteroatoms. The van der Waals surface area contributed by atoms with Gasteiger partial charge in [-0.25, -0.2) is 0 Å². The van der Waals surface area contributed by atoms with Crippen LogP contribution in [0, 0.1) is 6.92 Å². The summed E-state index contributed by atoms with van der Waals surface area (Å²) in [5.41, 5.74) is 3.37. The molecule has 0 amide bonds. The van der Waals surface area contributed by atoms with Crippen LogP contribution < -0.4 is 0 Å². The third kappa shape index (κ3) is 3.43. The topological polar surface area (TPSA) is 49.7 Å². The molecule has 0 radical (unpaired) electrons. The van der Waals surface area contributed by atoms with Gasteiger partial charge >= 0.3 is 0 Å². The van der Waals surface area contributed by atoms with Crippen LogP contribution in [0.1, 0.15) is 29.2 Å². The minimum Gasteiger partial charge on any atom is -0.200 e. The summed E-state index contributed by atoms with van der Waals surface area (Å²) in [7, 11) is -3.82. The maximum atomic E-state index is 13.4. The van der Waals surface area contributed by atoms with E-state index in [9.17, 15) is 8.42 Å². The largest absolute Gasteiger partial charge is 0.279 e. The van der Waals surface area contributed by atoms with E-state index in [1.807, 2.05) is 55.5 Å². The van der Waals surface area contributed by atoms with E-state index in [1.165, 1.54) is 4.41 Å². The van der Waals surface area contributed by atoms with Gasteiger partial charge in [0.15, 0.2) is 0 Å². The van der Waals surface area contributed by atoms with Crippen molar-refractivity contribution in [1.82, 2.24) is 4.41 Å². The Hall–Kier alpha value is -2.63. The van der Waals surface area contributed by atoms with Gasteiger partial charge in [-0.05, 0) is 36.2 Å². The second-order valence-electron chi connectivity index (χ2n) is 6.74. The molecule has 3 aromatic carbocycles.